The van der Waals surface area contributed by atoms with Crippen molar-refractivity contribution in [1.29, 1.82) is 0 Å². The van der Waals surface area contributed by atoms with E-state index in [1.54, 1.807) is 0 Å². The van der Waals surface area contributed by atoms with Crippen molar-refractivity contribution < 1.29 is 8.78 Å². The van der Waals surface area contributed by atoms with Gasteiger partial charge < -0.3 is 5.73 Å². The molecule has 0 aliphatic heterocycles. The van der Waals surface area contributed by atoms with Gasteiger partial charge in [0.05, 0.1) is 5.75 Å². The Labute approximate surface area is 98.7 Å². The molecule has 0 aliphatic rings. The number of nitrogens with zero attached hydrogens (tertiary/aromatic N) is 2. The number of hydrogen-bond acceptors (Lipinski definition) is 5. The molecule has 1 aromatic carbocycles. The van der Waals surface area contributed by atoms with Crippen molar-refractivity contribution in [2.45, 2.75) is 10.6 Å². The Balaban J connectivity index is 2.02. The van der Waals surface area contributed by atoms with E-state index in [9.17, 15) is 8.78 Å². The van der Waals surface area contributed by atoms with Crippen LogP contribution >= 0.6 is 23.1 Å². The highest BCUT2D eigenvalue weighted by Gasteiger charge is 2.05. The summed E-state index contributed by atoms with van der Waals surface area (Å²) in [6, 6.07) is 3.78. The summed E-state index contributed by atoms with van der Waals surface area (Å²) in [5, 5.41) is 8.65. The highest BCUT2D eigenvalue weighted by Crippen LogP contribution is 2.25. The Morgan fingerprint density at radius 3 is 2.69 bits per heavy atom. The number of nitrogens with two attached hydrogens (primary N) is 1. The fraction of sp³-hybridized carbons (Fsp3) is 0.111. The predicted molar refractivity (Wildman–Crippen MR) is 60.2 cm³/mol. The van der Waals surface area contributed by atoms with E-state index in [1.807, 2.05) is 0 Å². The standard InChI is InChI=1S/C9H7F2N3S2/c10-6-2-1-5(3-7(6)11)15-4-8-13-14-9(12)16-8/h1-3H,4H2,(H2,12,14). The minimum absolute atomic E-state index is 0.404. The van der Waals surface area contributed by atoms with Crippen LogP contribution < -0.4 is 5.73 Å². The zero-order chi connectivity index (χ0) is 11.5. The number of halogens is 2. The molecule has 0 bridgehead atoms. The van der Waals surface area contributed by atoms with Gasteiger partial charge in [-0.15, -0.1) is 22.0 Å². The molecule has 0 radical (unpaired) electrons. The van der Waals surface area contributed by atoms with Crippen molar-refractivity contribution in [3.05, 3.63) is 34.8 Å². The summed E-state index contributed by atoms with van der Waals surface area (Å²) in [5.41, 5.74) is 5.42. The van der Waals surface area contributed by atoms with Gasteiger partial charge in [0.1, 0.15) is 5.01 Å². The average Bonchev–Trinajstić information content (AvgIpc) is 2.66. The molecule has 1 heterocycles. The van der Waals surface area contributed by atoms with Crippen LogP contribution in [-0.2, 0) is 5.75 Å². The monoisotopic (exact) mass is 259 g/mol. The number of nitrogen functional groups attached to an aromatic ring is 1. The molecule has 0 unspecified atom stereocenters. The van der Waals surface area contributed by atoms with Gasteiger partial charge in [-0.1, -0.05) is 11.3 Å². The summed E-state index contributed by atoms with van der Waals surface area (Å²) in [6.45, 7) is 0. The third-order valence-electron chi connectivity index (χ3n) is 1.74. The van der Waals surface area contributed by atoms with Gasteiger partial charge in [0.15, 0.2) is 11.6 Å². The van der Waals surface area contributed by atoms with Crippen LogP contribution in [-0.4, -0.2) is 10.2 Å². The van der Waals surface area contributed by atoms with Gasteiger partial charge >= 0.3 is 0 Å². The van der Waals surface area contributed by atoms with Crippen molar-refractivity contribution in [2.24, 2.45) is 0 Å². The first kappa shape index (κ1) is 11.3. The van der Waals surface area contributed by atoms with Crippen molar-refractivity contribution in [3.8, 4) is 0 Å². The molecule has 1 aromatic heterocycles. The first-order valence-corrected chi connectivity index (χ1v) is 6.11. The van der Waals surface area contributed by atoms with Crippen LogP contribution in [0.3, 0.4) is 0 Å². The molecule has 0 saturated heterocycles. The Morgan fingerprint density at radius 2 is 2.06 bits per heavy atom. The van der Waals surface area contributed by atoms with E-state index in [1.165, 1.54) is 29.2 Å². The molecule has 0 fully saturated rings. The average molecular weight is 259 g/mol. The second-order valence-corrected chi connectivity index (χ2v) is 5.04. The quantitative estimate of drug-likeness (QED) is 0.861. The minimum atomic E-state index is -0.846. The van der Waals surface area contributed by atoms with Crippen LogP contribution in [0.5, 0.6) is 0 Å². The molecule has 2 aromatic rings. The lowest BCUT2D eigenvalue weighted by Crippen LogP contribution is -1.84. The van der Waals surface area contributed by atoms with Crippen LogP contribution in [0, 0.1) is 11.6 Å². The van der Waals surface area contributed by atoms with Gasteiger partial charge in [-0.3, -0.25) is 0 Å². The molecule has 2 N–H and O–H groups in total. The first-order valence-electron chi connectivity index (χ1n) is 4.31. The van der Waals surface area contributed by atoms with Gasteiger partial charge in [-0.25, -0.2) is 8.78 Å². The number of aromatic nitrogens is 2. The molecular formula is C9H7F2N3S2. The summed E-state index contributed by atoms with van der Waals surface area (Å²) in [4.78, 5) is 0.646. The number of hydrogen-bond donors (Lipinski definition) is 1. The summed E-state index contributed by atoms with van der Waals surface area (Å²) in [6.07, 6.45) is 0. The molecule has 3 nitrogen and oxygen atoms in total. The Hall–Kier alpha value is -1.21. The molecule has 16 heavy (non-hydrogen) atoms. The van der Waals surface area contributed by atoms with E-state index >= 15 is 0 Å². The summed E-state index contributed by atoms with van der Waals surface area (Å²) in [5.74, 6) is -1.15. The topological polar surface area (TPSA) is 51.8 Å². The van der Waals surface area contributed by atoms with Crippen LogP contribution in [0.4, 0.5) is 13.9 Å². The number of benzene rings is 1. The first-order chi connectivity index (χ1) is 7.65. The SMILES string of the molecule is Nc1nnc(CSc2ccc(F)c(F)c2)s1. The number of anilines is 1. The summed E-state index contributed by atoms with van der Waals surface area (Å²) in [7, 11) is 0. The highest BCUT2D eigenvalue weighted by molar-refractivity contribution is 7.98. The Bertz CT molecular complexity index is 501. The van der Waals surface area contributed by atoms with Crippen LogP contribution in [0.25, 0.3) is 0 Å². The fourth-order valence-corrected chi connectivity index (χ4v) is 2.55. The molecule has 0 atom stereocenters. The van der Waals surface area contributed by atoms with Gasteiger partial charge in [0, 0.05) is 4.90 Å². The molecule has 0 saturated carbocycles. The molecule has 2 rings (SSSR count). The van der Waals surface area contributed by atoms with E-state index in [2.05, 4.69) is 10.2 Å². The van der Waals surface area contributed by atoms with Gasteiger partial charge in [-0.2, -0.15) is 0 Å². The number of thioether (sulfide) groups is 1. The van der Waals surface area contributed by atoms with Crippen LogP contribution in [0.15, 0.2) is 23.1 Å². The fourth-order valence-electron chi connectivity index (χ4n) is 1.04. The molecule has 0 aliphatic carbocycles. The van der Waals surface area contributed by atoms with Crippen LogP contribution in [0.1, 0.15) is 5.01 Å². The smallest absolute Gasteiger partial charge is 0.203 e. The van der Waals surface area contributed by atoms with Crippen molar-refractivity contribution in [3.63, 3.8) is 0 Å². The molecule has 7 heteroatoms. The largest absolute Gasteiger partial charge is 0.374 e. The zero-order valence-corrected chi connectivity index (χ0v) is 9.62. The van der Waals surface area contributed by atoms with E-state index in [0.29, 0.717) is 15.8 Å². The van der Waals surface area contributed by atoms with Crippen LogP contribution in [0.2, 0.25) is 0 Å². The lowest BCUT2D eigenvalue weighted by atomic mass is 10.3. The van der Waals surface area contributed by atoms with E-state index in [4.69, 9.17) is 5.73 Å². The Kier molecular flexibility index (Phi) is 3.35. The maximum Gasteiger partial charge on any atom is 0.203 e. The number of rotatable bonds is 3. The van der Waals surface area contributed by atoms with Gasteiger partial charge in [0.2, 0.25) is 5.13 Å². The lowest BCUT2D eigenvalue weighted by Gasteiger charge is -1.99. The Morgan fingerprint density at radius 1 is 1.25 bits per heavy atom. The molecular weight excluding hydrogens is 252 g/mol. The van der Waals surface area contributed by atoms with Gasteiger partial charge in [-0.05, 0) is 18.2 Å². The minimum Gasteiger partial charge on any atom is -0.374 e. The second kappa shape index (κ2) is 4.75. The van der Waals surface area contributed by atoms with E-state index in [0.717, 1.165) is 17.1 Å². The highest BCUT2D eigenvalue weighted by atomic mass is 32.2. The van der Waals surface area contributed by atoms with Crippen molar-refractivity contribution in [1.82, 2.24) is 10.2 Å². The van der Waals surface area contributed by atoms with E-state index in [-0.39, 0.29) is 0 Å². The third-order valence-corrected chi connectivity index (χ3v) is 3.68. The third kappa shape index (κ3) is 2.67. The maximum atomic E-state index is 12.9. The maximum absolute atomic E-state index is 12.9. The normalized spacial score (nSPS) is 10.6. The molecule has 0 amide bonds. The molecule has 84 valence electrons. The molecule has 0 spiro atoms. The summed E-state index contributed by atoms with van der Waals surface area (Å²) >= 11 is 2.64. The zero-order valence-electron chi connectivity index (χ0n) is 7.98. The second-order valence-electron chi connectivity index (χ2n) is 2.90. The van der Waals surface area contributed by atoms with Crippen molar-refractivity contribution in [2.75, 3.05) is 5.73 Å². The summed E-state index contributed by atoms with van der Waals surface area (Å²) < 4.78 is 25.5. The lowest BCUT2D eigenvalue weighted by molar-refractivity contribution is 0.506. The predicted octanol–water partition coefficient (Wildman–Crippen LogP) is 2.69. The van der Waals surface area contributed by atoms with Crippen molar-refractivity contribution >= 4 is 28.2 Å². The van der Waals surface area contributed by atoms with E-state index < -0.39 is 11.6 Å². The van der Waals surface area contributed by atoms with Gasteiger partial charge in [0.25, 0.3) is 0 Å².